The molecule has 0 unspecified atom stereocenters. The van der Waals surface area contributed by atoms with Crippen LogP contribution in [0.15, 0.2) is 59.3 Å². The van der Waals surface area contributed by atoms with Crippen molar-refractivity contribution in [1.82, 2.24) is 14.4 Å². The Labute approximate surface area is 175 Å². The van der Waals surface area contributed by atoms with Crippen LogP contribution in [0.3, 0.4) is 0 Å². The van der Waals surface area contributed by atoms with Gasteiger partial charge in [-0.3, -0.25) is 4.40 Å². The van der Waals surface area contributed by atoms with Crippen LogP contribution in [-0.2, 0) is 0 Å². The average Bonchev–Trinajstić information content (AvgIpc) is 3.18. The average molecular weight is 460 g/mol. The Morgan fingerprint density at radius 1 is 1.04 bits per heavy atom. The van der Waals surface area contributed by atoms with Crippen molar-refractivity contribution in [3.8, 4) is 22.8 Å². The Morgan fingerprint density at radius 3 is 2.61 bits per heavy atom. The Bertz CT molecular complexity index is 1160. The third kappa shape index (κ3) is 3.50. The van der Waals surface area contributed by atoms with Crippen molar-refractivity contribution in [3.05, 3.63) is 64.4 Å². The van der Waals surface area contributed by atoms with Gasteiger partial charge in [-0.25, -0.2) is 9.97 Å². The van der Waals surface area contributed by atoms with E-state index in [1.807, 2.05) is 53.1 Å². The molecule has 0 aliphatic carbocycles. The highest BCUT2D eigenvalue weighted by molar-refractivity contribution is 9.10. The van der Waals surface area contributed by atoms with E-state index in [2.05, 4.69) is 26.2 Å². The maximum absolute atomic E-state index is 6.36. The van der Waals surface area contributed by atoms with E-state index < -0.39 is 0 Å². The molecule has 4 aromatic rings. The van der Waals surface area contributed by atoms with Crippen LogP contribution in [-0.4, -0.2) is 28.6 Å². The number of halogens is 2. The predicted octanol–water partition coefficient (Wildman–Crippen LogP) is 5.57. The van der Waals surface area contributed by atoms with E-state index in [1.165, 1.54) is 0 Å². The van der Waals surface area contributed by atoms with E-state index in [1.54, 1.807) is 20.4 Å². The van der Waals surface area contributed by atoms with Crippen LogP contribution < -0.4 is 14.8 Å². The second kappa shape index (κ2) is 7.69. The molecule has 0 atom stereocenters. The number of imidazole rings is 1. The Balaban J connectivity index is 1.81. The summed E-state index contributed by atoms with van der Waals surface area (Å²) in [5, 5.41) is 3.88. The van der Waals surface area contributed by atoms with Crippen molar-refractivity contribution in [2.24, 2.45) is 0 Å². The van der Waals surface area contributed by atoms with Crippen LogP contribution in [0.1, 0.15) is 0 Å². The van der Waals surface area contributed by atoms with E-state index in [9.17, 15) is 0 Å². The van der Waals surface area contributed by atoms with Crippen molar-refractivity contribution in [3.63, 3.8) is 0 Å². The first-order chi connectivity index (χ1) is 13.6. The lowest BCUT2D eigenvalue weighted by atomic mass is 10.1. The normalized spacial score (nSPS) is 10.9. The van der Waals surface area contributed by atoms with E-state index in [0.29, 0.717) is 22.5 Å². The summed E-state index contributed by atoms with van der Waals surface area (Å²) in [5.41, 5.74) is 3.14. The molecule has 0 fully saturated rings. The second-order valence-electron chi connectivity index (χ2n) is 5.94. The topological polar surface area (TPSA) is 60.7 Å². The van der Waals surface area contributed by atoms with Crippen LogP contribution >= 0.6 is 27.5 Å². The molecule has 6 nitrogen and oxygen atoms in total. The molecule has 142 valence electrons. The molecule has 0 aliphatic rings. The van der Waals surface area contributed by atoms with E-state index in [4.69, 9.17) is 26.1 Å². The molecule has 0 saturated heterocycles. The minimum atomic E-state index is 0.584. The zero-order valence-corrected chi connectivity index (χ0v) is 17.5. The third-order valence-electron chi connectivity index (χ3n) is 4.25. The van der Waals surface area contributed by atoms with Crippen LogP contribution in [0, 0.1) is 0 Å². The van der Waals surface area contributed by atoms with E-state index in [0.717, 1.165) is 27.1 Å². The van der Waals surface area contributed by atoms with Gasteiger partial charge in [-0.1, -0.05) is 27.5 Å². The van der Waals surface area contributed by atoms with Crippen molar-refractivity contribution >= 4 is 44.8 Å². The molecule has 0 amide bonds. The van der Waals surface area contributed by atoms with Crippen molar-refractivity contribution in [2.45, 2.75) is 0 Å². The van der Waals surface area contributed by atoms with Gasteiger partial charge in [-0.05, 0) is 36.4 Å². The highest BCUT2D eigenvalue weighted by Gasteiger charge is 2.12. The number of rotatable bonds is 5. The summed E-state index contributed by atoms with van der Waals surface area (Å²) in [6, 6.07) is 13.2. The zero-order valence-electron chi connectivity index (χ0n) is 15.1. The molecular formula is C20H16BrClN4O2. The number of ether oxygens (including phenoxy) is 2. The molecule has 2 aromatic carbocycles. The van der Waals surface area contributed by atoms with Gasteiger partial charge in [0.15, 0.2) is 11.5 Å². The lowest BCUT2D eigenvalue weighted by Crippen LogP contribution is -2.03. The molecule has 2 heterocycles. The standard InChI is InChI=1S/C20H16BrClN4O2/c1-27-17-6-3-12(9-18(17)28-2)16-11-19-23-7-8-26(19)20(25-16)24-15-5-4-13(21)10-14(15)22/h3-11H,1-2H3,(H,24,25). The summed E-state index contributed by atoms with van der Waals surface area (Å²) in [6.45, 7) is 0. The quantitative estimate of drug-likeness (QED) is 0.422. The Kier molecular flexibility index (Phi) is 5.11. The summed E-state index contributed by atoms with van der Waals surface area (Å²) in [4.78, 5) is 9.18. The first kappa shape index (κ1) is 18.6. The van der Waals surface area contributed by atoms with Crippen molar-refractivity contribution in [2.75, 3.05) is 19.5 Å². The number of fused-ring (bicyclic) bond motifs is 1. The van der Waals surface area contributed by atoms with E-state index in [-0.39, 0.29) is 0 Å². The Hall–Kier alpha value is -2.77. The predicted molar refractivity (Wildman–Crippen MR) is 114 cm³/mol. The minimum absolute atomic E-state index is 0.584. The molecule has 0 aliphatic heterocycles. The van der Waals surface area contributed by atoms with Gasteiger partial charge in [0.05, 0.1) is 30.6 Å². The van der Waals surface area contributed by atoms with Gasteiger partial charge in [0.25, 0.3) is 0 Å². The first-order valence-corrected chi connectivity index (χ1v) is 9.54. The van der Waals surface area contributed by atoms with Crippen molar-refractivity contribution in [1.29, 1.82) is 0 Å². The lowest BCUT2D eigenvalue weighted by Gasteiger charge is -2.13. The fourth-order valence-corrected chi connectivity index (χ4v) is 3.59. The maximum Gasteiger partial charge on any atom is 0.213 e. The van der Waals surface area contributed by atoms with Gasteiger partial charge in [-0.2, -0.15) is 0 Å². The largest absolute Gasteiger partial charge is 0.493 e. The van der Waals surface area contributed by atoms with Gasteiger partial charge in [0.1, 0.15) is 5.65 Å². The van der Waals surface area contributed by atoms with Crippen LogP contribution in [0.2, 0.25) is 5.02 Å². The number of nitrogens with one attached hydrogen (secondary N) is 1. The number of hydrogen-bond acceptors (Lipinski definition) is 5. The number of hydrogen-bond donors (Lipinski definition) is 1. The van der Waals surface area contributed by atoms with Crippen LogP contribution in [0.5, 0.6) is 11.5 Å². The summed E-state index contributed by atoms with van der Waals surface area (Å²) in [5.74, 6) is 1.90. The number of nitrogens with zero attached hydrogens (tertiary/aromatic N) is 3. The zero-order chi connectivity index (χ0) is 19.7. The van der Waals surface area contributed by atoms with Gasteiger partial charge in [0.2, 0.25) is 5.95 Å². The fraction of sp³-hybridized carbons (Fsp3) is 0.100. The van der Waals surface area contributed by atoms with Gasteiger partial charge in [0, 0.05) is 28.5 Å². The first-order valence-electron chi connectivity index (χ1n) is 8.37. The number of aromatic nitrogens is 3. The van der Waals surface area contributed by atoms with Gasteiger partial charge < -0.3 is 14.8 Å². The minimum Gasteiger partial charge on any atom is -0.493 e. The molecule has 1 N–H and O–H groups in total. The molecule has 4 rings (SSSR count). The Morgan fingerprint density at radius 2 is 1.86 bits per heavy atom. The molecule has 0 spiro atoms. The van der Waals surface area contributed by atoms with Crippen LogP contribution in [0.4, 0.5) is 11.6 Å². The molecule has 28 heavy (non-hydrogen) atoms. The molecule has 2 aromatic heterocycles. The fourth-order valence-electron chi connectivity index (χ4n) is 2.87. The smallest absolute Gasteiger partial charge is 0.213 e. The van der Waals surface area contributed by atoms with Crippen LogP contribution in [0.25, 0.3) is 16.9 Å². The summed E-state index contributed by atoms with van der Waals surface area (Å²) in [7, 11) is 3.21. The number of anilines is 2. The van der Waals surface area contributed by atoms with Crippen molar-refractivity contribution < 1.29 is 9.47 Å². The SMILES string of the molecule is COc1ccc(-c2cc3nccn3c(Nc3ccc(Br)cc3Cl)n2)cc1OC. The van der Waals surface area contributed by atoms with Gasteiger partial charge in [-0.15, -0.1) is 0 Å². The molecule has 0 radical (unpaired) electrons. The molecule has 8 heteroatoms. The highest BCUT2D eigenvalue weighted by Crippen LogP contribution is 2.33. The monoisotopic (exact) mass is 458 g/mol. The maximum atomic E-state index is 6.36. The molecule has 0 saturated carbocycles. The van der Waals surface area contributed by atoms with Gasteiger partial charge >= 0.3 is 0 Å². The number of benzene rings is 2. The highest BCUT2D eigenvalue weighted by atomic mass is 79.9. The molecular weight excluding hydrogens is 444 g/mol. The number of methoxy groups -OCH3 is 2. The third-order valence-corrected chi connectivity index (χ3v) is 5.05. The second-order valence-corrected chi connectivity index (χ2v) is 7.26. The summed E-state index contributed by atoms with van der Waals surface area (Å²) < 4.78 is 13.5. The summed E-state index contributed by atoms with van der Waals surface area (Å²) >= 11 is 9.78. The summed E-state index contributed by atoms with van der Waals surface area (Å²) in [6.07, 6.45) is 3.57. The van der Waals surface area contributed by atoms with E-state index >= 15 is 0 Å². The lowest BCUT2D eigenvalue weighted by molar-refractivity contribution is 0.355. The molecule has 0 bridgehead atoms.